The first-order chi connectivity index (χ1) is 9.25. The molecule has 0 aromatic rings. The van der Waals surface area contributed by atoms with E-state index in [1.807, 2.05) is 6.92 Å². The number of carboxylic acid groups (broad SMARTS) is 1. The van der Waals surface area contributed by atoms with Crippen molar-refractivity contribution in [3.8, 4) is 0 Å². The van der Waals surface area contributed by atoms with Crippen molar-refractivity contribution in [1.29, 1.82) is 0 Å². The van der Waals surface area contributed by atoms with Gasteiger partial charge in [0.2, 0.25) is 15.9 Å². The van der Waals surface area contributed by atoms with Crippen LogP contribution in [0.5, 0.6) is 0 Å². The van der Waals surface area contributed by atoms with Gasteiger partial charge in [-0.15, -0.1) is 0 Å². The molecule has 7 nitrogen and oxygen atoms in total. The van der Waals surface area contributed by atoms with Crippen molar-refractivity contribution in [3.63, 3.8) is 0 Å². The van der Waals surface area contributed by atoms with Crippen molar-refractivity contribution in [2.45, 2.75) is 38.6 Å². The number of piperidine rings is 1. The summed E-state index contributed by atoms with van der Waals surface area (Å²) < 4.78 is 24.1. The van der Waals surface area contributed by atoms with Gasteiger partial charge < -0.3 is 10.4 Å². The molecular formula is C12H22N2O5S. The van der Waals surface area contributed by atoms with Crippen molar-refractivity contribution in [1.82, 2.24) is 9.62 Å². The molecular weight excluding hydrogens is 284 g/mol. The van der Waals surface area contributed by atoms with E-state index in [1.165, 1.54) is 4.31 Å². The van der Waals surface area contributed by atoms with Crippen LogP contribution in [0.1, 0.15) is 32.6 Å². The van der Waals surface area contributed by atoms with Gasteiger partial charge >= 0.3 is 5.97 Å². The number of carbonyl (C=O) groups excluding carboxylic acids is 1. The predicted octanol–water partition coefficient (Wildman–Crippen LogP) is 0.0275. The molecule has 1 atom stereocenters. The van der Waals surface area contributed by atoms with Crippen molar-refractivity contribution >= 4 is 21.9 Å². The van der Waals surface area contributed by atoms with Crippen molar-refractivity contribution < 1.29 is 23.1 Å². The number of sulfonamides is 1. The third-order valence-electron chi connectivity index (χ3n) is 3.49. The minimum Gasteiger partial charge on any atom is -0.480 e. The van der Waals surface area contributed by atoms with E-state index in [2.05, 4.69) is 5.32 Å². The Balaban J connectivity index is 2.52. The highest BCUT2D eigenvalue weighted by Gasteiger charge is 2.30. The summed E-state index contributed by atoms with van der Waals surface area (Å²) in [6.45, 7) is 2.47. The molecule has 0 aromatic carbocycles. The summed E-state index contributed by atoms with van der Waals surface area (Å²) in [4.78, 5) is 23.0. The fraction of sp³-hybridized carbons (Fsp3) is 0.833. The molecule has 20 heavy (non-hydrogen) atoms. The van der Waals surface area contributed by atoms with E-state index in [1.54, 1.807) is 0 Å². The normalized spacial score (nSPS) is 19.5. The molecule has 0 radical (unpaired) electrons. The zero-order valence-corrected chi connectivity index (χ0v) is 12.6. The maximum absolute atomic E-state index is 12.0. The number of hydrogen-bond donors (Lipinski definition) is 2. The second-order valence-corrected chi connectivity index (χ2v) is 7.11. The highest BCUT2D eigenvalue weighted by atomic mass is 32.2. The lowest BCUT2D eigenvalue weighted by Crippen LogP contribution is -2.47. The summed E-state index contributed by atoms with van der Waals surface area (Å²) in [6, 6.07) is -0.861. The second kappa shape index (κ2) is 7.03. The zero-order valence-electron chi connectivity index (χ0n) is 11.8. The summed E-state index contributed by atoms with van der Waals surface area (Å²) in [5, 5.41) is 11.5. The Morgan fingerprint density at radius 2 is 1.90 bits per heavy atom. The lowest BCUT2D eigenvalue weighted by Gasteiger charge is -2.30. The van der Waals surface area contributed by atoms with Gasteiger partial charge in [-0.3, -0.25) is 4.79 Å². The third-order valence-corrected chi connectivity index (χ3v) is 4.79. The van der Waals surface area contributed by atoms with Crippen LogP contribution in [0.2, 0.25) is 0 Å². The van der Waals surface area contributed by atoms with E-state index in [4.69, 9.17) is 5.11 Å². The van der Waals surface area contributed by atoms with Crippen LogP contribution in [0.15, 0.2) is 0 Å². The highest BCUT2D eigenvalue weighted by Crippen LogP contribution is 2.19. The molecule has 8 heteroatoms. The quantitative estimate of drug-likeness (QED) is 0.720. The van der Waals surface area contributed by atoms with Gasteiger partial charge in [-0.05, 0) is 19.3 Å². The molecule has 1 aliphatic heterocycles. The summed E-state index contributed by atoms with van der Waals surface area (Å²) in [5.74, 6) is -1.64. The first-order valence-corrected chi connectivity index (χ1v) is 8.58. The lowest BCUT2D eigenvalue weighted by molar-refractivity contribution is -0.142. The summed E-state index contributed by atoms with van der Waals surface area (Å²) in [5.41, 5.74) is 0. The smallest absolute Gasteiger partial charge is 0.326 e. The number of carbonyl (C=O) groups is 2. The van der Waals surface area contributed by atoms with Crippen LogP contribution in [0.25, 0.3) is 0 Å². The minimum absolute atomic E-state index is 0.293. The summed E-state index contributed by atoms with van der Waals surface area (Å²) >= 11 is 0. The molecule has 0 aromatic heterocycles. The Morgan fingerprint density at radius 1 is 1.35 bits per heavy atom. The SMILES string of the molecule is CCC[C@@H](NC(=O)C1CCN(S(C)(=O)=O)CC1)C(=O)O. The van der Waals surface area contributed by atoms with Crippen LogP contribution in [-0.4, -0.2) is 55.1 Å². The molecule has 0 spiro atoms. The molecule has 116 valence electrons. The van der Waals surface area contributed by atoms with E-state index in [0.717, 1.165) is 6.26 Å². The summed E-state index contributed by atoms with van der Waals surface area (Å²) in [6.07, 6.45) is 3.07. The number of nitrogens with one attached hydrogen (secondary N) is 1. The lowest BCUT2D eigenvalue weighted by atomic mass is 9.96. The van der Waals surface area contributed by atoms with Crippen molar-refractivity contribution in [2.75, 3.05) is 19.3 Å². The van der Waals surface area contributed by atoms with Gasteiger partial charge in [0.25, 0.3) is 0 Å². The monoisotopic (exact) mass is 306 g/mol. The number of aliphatic carboxylic acids is 1. The topological polar surface area (TPSA) is 104 Å². The highest BCUT2D eigenvalue weighted by molar-refractivity contribution is 7.88. The second-order valence-electron chi connectivity index (χ2n) is 5.12. The van der Waals surface area contributed by atoms with Gasteiger partial charge in [0.1, 0.15) is 6.04 Å². The summed E-state index contributed by atoms with van der Waals surface area (Å²) in [7, 11) is -3.21. The van der Waals surface area contributed by atoms with Gasteiger partial charge in [0, 0.05) is 19.0 Å². The van der Waals surface area contributed by atoms with E-state index in [-0.39, 0.29) is 11.8 Å². The van der Waals surface area contributed by atoms with Crippen LogP contribution in [0.4, 0.5) is 0 Å². The zero-order chi connectivity index (χ0) is 15.3. The average Bonchev–Trinajstić information content (AvgIpc) is 2.37. The van der Waals surface area contributed by atoms with E-state index in [9.17, 15) is 18.0 Å². The average molecular weight is 306 g/mol. The maximum Gasteiger partial charge on any atom is 0.326 e. The minimum atomic E-state index is -3.21. The Hall–Kier alpha value is -1.15. The van der Waals surface area contributed by atoms with E-state index < -0.39 is 22.0 Å². The molecule has 1 saturated heterocycles. The number of hydrogen-bond acceptors (Lipinski definition) is 4. The van der Waals surface area contributed by atoms with Crippen LogP contribution in [0, 0.1) is 5.92 Å². The molecule has 1 amide bonds. The van der Waals surface area contributed by atoms with Crippen molar-refractivity contribution in [2.24, 2.45) is 5.92 Å². The Morgan fingerprint density at radius 3 is 2.30 bits per heavy atom. The standard InChI is InChI=1S/C12H22N2O5S/c1-3-4-10(12(16)17)13-11(15)9-5-7-14(8-6-9)20(2,18)19/h9-10H,3-8H2,1-2H3,(H,13,15)(H,16,17)/t10-/m1/s1. The molecule has 1 aliphatic rings. The predicted molar refractivity (Wildman–Crippen MR) is 73.6 cm³/mol. The fourth-order valence-corrected chi connectivity index (χ4v) is 3.16. The first-order valence-electron chi connectivity index (χ1n) is 6.74. The molecule has 1 rings (SSSR count). The Bertz CT molecular complexity index is 454. The number of rotatable bonds is 6. The van der Waals surface area contributed by atoms with E-state index >= 15 is 0 Å². The molecule has 0 bridgehead atoms. The molecule has 0 unspecified atom stereocenters. The molecule has 0 aliphatic carbocycles. The number of carboxylic acids is 1. The van der Waals surface area contributed by atoms with E-state index in [0.29, 0.717) is 38.8 Å². The molecule has 0 saturated carbocycles. The third kappa shape index (κ3) is 4.75. The maximum atomic E-state index is 12.0. The van der Waals surface area contributed by atoms with Gasteiger partial charge in [-0.1, -0.05) is 13.3 Å². The van der Waals surface area contributed by atoms with Gasteiger partial charge in [-0.25, -0.2) is 17.5 Å². The van der Waals surface area contributed by atoms with Crippen LogP contribution >= 0.6 is 0 Å². The van der Waals surface area contributed by atoms with Crippen LogP contribution in [-0.2, 0) is 19.6 Å². The van der Waals surface area contributed by atoms with Crippen molar-refractivity contribution in [3.05, 3.63) is 0 Å². The Labute approximate surface area is 119 Å². The van der Waals surface area contributed by atoms with Crippen LogP contribution in [0.3, 0.4) is 0 Å². The van der Waals surface area contributed by atoms with Gasteiger partial charge in [0.15, 0.2) is 0 Å². The first kappa shape index (κ1) is 16.9. The largest absolute Gasteiger partial charge is 0.480 e. The Kier molecular flexibility index (Phi) is 5.94. The van der Waals surface area contributed by atoms with Gasteiger partial charge in [0.05, 0.1) is 6.26 Å². The molecule has 1 heterocycles. The number of nitrogens with zero attached hydrogens (tertiary/aromatic N) is 1. The number of amides is 1. The van der Waals surface area contributed by atoms with Gasteiger partial charge in [-0.2, -0.15) is 0 Å². The fourth-order valence-electron chi connectivity index (χ4n) is 2.29. The van der Waals surface area contributed by atoms with Crippen LogP contribution < -0.4 is 5.32 Å². The molecule has 1 fully saturated rings. The molecule has 2 N–H and O–H groups in total.